The molecule has 2 aromatic rings. The molecule has 28 heavy (non-hydrogen) atoms. The topological polar surface area (TPSA) is 75.7 Å². The highest BCUT2D eigenvalue weighted by Crippen LogP contribution is 2.18. The maximum Gasteiger partial charge on any atom is 0.251 e. The van der Waals surface area contributed by atoms with Gasteiger partial charge in [0.05, 0.1) is 18.1 Å². The molecule has 1 aliphatic heterocycles. The van der Waals surface area contributed by atoms with Crippen molar-refractivity contribution in [3.63, 3.8) is 0 Å². The number of aryl methyl sites for hydroxylation is 1. The molecule has 1 saturated heterocycles. The van der Waals surface area contributed by atoms with Gasteiger partial charge in [-0.3, -0.25) is 4.79 Å². The summed E-state index contributed by atoms with van der Waals surface area (Å²) >= 11 is 0. The zero-order valence-corrected chi connectivity index (χ0v) is 16.8. The van der Waals surface area contributed by atoms with E-state index < -0.39 is 10.0 Å². The first-order chi connectivity index (χ1) is 13.5. The Labute approximate surface area is 166 Å². The number of nitrogens with one attached hydrogen (secondary N) is 1. The molecule has 1 unspecified atom stereocenters. The van der Waals surface area contributed by atoms with Crippen LogP contribution >= 0.6 is 0 Å². The Hall–Kier alpha value is -2.22. The Balaban J connectivity index is 1.63. The number of amides is 1. The Kier molecular flexibility index (Phi) is 6.83. The lowest BCUT2D eigenvalue weighted by atomic mass is 10.1. The molecule has 1 aliphatic rings. The van der Waals surface area contributed by atoms with Crippen molar-refractivity contribution in [2.75, 3.05) is 26.3 Å². The number of nitrogens with zero attached hydrogens (tertiary/aromatic N) is 1. The Morgan fingerprint density at radius 2 is 1.82 bits per heavy atom. The van der Waals surface area contributed by atoms with E-state index in [9.17, 15) is 13.2 Å². The average Bonchev–Trinajstić information content (AvgIpc) is 2.73. The quantitative estimate of drug-likeness (QED) is 0.772. The molecule has 1 fully saturated rings. The lowest BCUT2D eigenvalue weighted by Crippen LogP contribution is -2.40. The third-order valence-corrected chi connectivity index (χ3v) is 6.69. The lowest BCUT2D eigenvalue weighted by Gasteiger charge is -2.26. The highest BCUT2D eigenvalue weighted by atomic mass is 32.2. The van der Waals surface area contributed by atoms with E-state index >= 15 is 0 Å². The van der Waals surface area contributed by atoms with Gasteiger partial charge in [-0.05, 0) is 43.5 Å². The fourth-order valence-corrected chi connectivity index (χ4v) is 4.60. The molecular weight excluding hydrogens is 376 g/mol. The Morgan fingerprint density at radius 3 is 2.54 bits per heavy atom. The first-order valence-corrected chi connectivity index (χ1v) is 10.9. The van der Waals surface area contributed by atoms with Crippen LogP contribution in [-0.4, -0.2) is 51.0 Å². The zero-order chi connectivity index (χ0) is 20.0. The van der Waals surface area contributed by atoms with Gasteiger partial charge in [0.1, 0.15) is 0 Å². The van der Waals surface area contributed by atoms with Crippen molar-refractivity contribution in [2.45, 2.75) is 30.7 Å². The van der Waals surface area contributed by atoms with E-state index in [1.54, 1.807) is 12.1 Å². The van der Waals surface area contributed by atoms with E-state index in [0.29, 0.717) is 31.9 Å². The second-order valence-corrected chi connectivity index (χ2v) is 8.88. The lowest BCUT2D eigenvalue weighted by molar-refractivity contribution is 0.0730. The minimum atomic E-state index is -3.62. The number of hydrogen-bond donors (Lipinski definition) is 1. The second-order valence-electron chi connectivity index (χ2n) is 6.94. The second kappa shape index (κ2) is 9.32. The molecule has 0 saturated carbocycles. The number of carbonyl (C=O) groups is 1. The van der Waals surface area contributed by atoms with Crippen LogP contribution in [0.5, 0.6) is 0 Å². The molecule has 1 heterocycles. The first-order valence-electron chi connectivity index (χ1n) is 9.49. The fourth-order valence-electron chi connectivity index (χ4n) is 3.14. The SMILES string of the molecule is CC(CCc1ccccc1)NC(=O)c1cccc(S(=O)(=O)N2CCOCC2)c1. The van der Waals surface area contributed by atoms with Gasteiger partial charge in [0.15, 0.2) is 0 Å². The summed E-state index contributed by atoms with van der Waals surface area (Å²) in [7, 11) is -3.62. The van der Waals surface area contributed by atoms with Crippen molar-refractivity contribution in [2.24, 2.45) is 0 Å². The molecule has 1 amide bonds. The van der Waals surface area contributed by atoms with E-state index in [2.05, 4.69) is 17.4 Å². The van der Waals surface area contributed by atoms with Crippen molar-refractivity contribution >= 4 is 15.9 Å². The summed E-state index contributed by atoms with van der Waals surface area (Å²) in [5.41, 5.74) is 1.57. The molecule has 0 bridgehead atoms. The van der Waals surface area contributed by atoms with Gasteiger partial charge in [-0.25, -0.2) is 8.42 Å². The van der Waals surface area contributed by atoms with Gasteiger partial charge in [0.25, 0.3) is 5.91 Å². The van der Waals surface area contributed by atoms with Crippen molar-refractivity contribution in [3.8, 4) is 0 Å². The third kappa shape index (κ3) is 5.19. The summed E-state index contributed by atoms with van der Waals surface area (Å²) in [5.74, 6) is -0.264. The molecule has 3 rings (SSSR count). The monoisotopic (exact) mass is 402 g/mol. The van der Waals surface area contributed by atoms with E-state index in [-0.39, 0.29) is 16.8 Å². The van der Waals surface area contributed by atoms with Gasteiger partial charge in [0.2, 0.25) is 10.0 Å². The summed E-state index contributed by atoms with van der Waals surface area (Å²) in [4.78, 5) is 12.7. The van der Waals surface area contributed by atoms with E-state index in [1.165, 1.54) is 22.0 Å². The fraction of sp³-hybridized carbons (Fsp3) is 0.381. The van der Waals surface area contributed by atoms with E-state index in [0.717, 1.165) is 12.8 Å². The molecule has 0 spiro atoms. The van der Waals surface area contributed by atoms with Crippen LogP contribution in [0, 0.1) is 0 Å². The standard InChI is InChI=1S/C21H26N2O4S/c1-17(10-11-18-6-3-2-4-7-18)22-21(24)19-8-5-9-20(16-19)28(25,26)23-12-14-27-15-13-23/h2-9,16-17H,10-15H2,1H3,(H,22,24). The van der Waals surface area contributed by atoms with Crippen LogP contribution in [0.25, 0.3) is 0 Å². The predicted octanol–water partition coefficient (Wildman–Crippen LogP) is 2.46. The largest absolute Gasteiger partial charge is 0.379 e. The average molecular weight is 403 g/mol. The molecule has 0 radical (unpaired) electrons. The molecule has 6 nitrogen and oxygen atoms in total. The number of carbonyl (C=O) groups excluding carboxylic acids is 1. The number of sulfonamides is 1. The number of ether oxygens (including phenoxy) is 1. The molecule has 0 aromatic heterocycles. The van der Waals surface area contributed by atoms with Crippen LogP contribution < -0.4 is 5.32 Å². The minimum Gasteiger partial charge on any atom is -0.379 e. The molecule has 7 heteroatoms. The summed E-state index contributed by atoms with van der Waals surface area (Å²) in [5, 5.41) is 2.96. The van der Waals surface area contributed by atoms with Crippen molar-refractivity contribution in [1.29, 1.82) is 0 Å². The van der Waals surface area contributed by atoms with E-state index in [1.807, 2.05) is 25.1 Å². The molecule has 1 atom stereocenters. The number of rotatable bonds is 7. The van der Waals surface area contributed by atoms with E-state index in [4.69, 9.17) is 4.74 Å². The van der Waals surface area contributed by atoms with Gasteiger partial charge in [-0.15, -0.1) is 0 Å². The first kappa shape index (κ1) is 20.5. The Morgan fingerprint density at radius 1 is 1.11 bits per heavy atom. The minimum absolute atomic E-state index is 0.0211. The summed E-state index contributed by atoms with van der Waals surface area (Å²) in [6.07, 6.45) is 1.68. The third-order valence-electron chi connectivity index (χ3n) is 4.79. The smallest absolute Gasteiger partial charge is 0.251 e. The number of morpholine rings is 1. The number of hydrogen-bond acceptors (Lipinski definition) is 4. The normalized spacial score (nSPS) is 16.5. The maximum absolute atomic E-state index is 12.8. The molecule has 1 N–H and O–H groups in total. The van der Waals surface area contributed by atoms with Crippen LogP contribution in [-0.2, 0) is 21.2 Å². The van der Waals surface area contributed by atoms with Crippen molar-refractivity contribution < 1.29 is 17.9 Å². The molecule has 2 aromatic carbocycles. The maximum atomic E-state index is 12.8. The van der Waals surface area contributed by atoms with Gasteiger partial charge < -0.3 is 10.1 Å². The van der Waals surface area contributed by atoms with Gasteiger partial charge in [-0.2, -0.15) is 4.31 Å². The molecule has 150 valence electrons. The van der Waals surface area contributed by atoms with Gasteiger partial charge >= 0.3 is 0 Å². The zero-order valence-electron chi connectivity index (χ0n) is 16.0. The Bertz CT molecular complexity index is 894. The number of benzene rings is 2. The highest BCUT2D eigenvalue weighted by molar-refractivity contribution is 7.89. The predicted molar refractivity (Wildman–Crippen MR) is 108 cm³/mol. The van der Waals surface area contributed by atoms with Crippen molar-refractivity contribution in [3.05, 3.63) is 65.7 Å². The summed E-state index contributed by atoms with van der Waals surface area (Å²) in [6.45, 7) is 3.39. The van der Waals surface area contributed by atoms with Crippen LogP contribution in [0.2, 0.25) is 0 Å². The van der Waals surface area contributed by atoms with Crippen LogP contribution in [0.4, 0.5) is 0 Å². The van der Waals surface area contributed by atoms with Crippen LogP contribution in [0.3, 0.4) is 0 Å². The summed E-state index contributed by atoms with van der Waals surface area (Å²) in [6, 6.07) is 16.3. The van der Waals surface area contributed by atoms with Gasteiger partial charge in [-0.1, -0.05) is 36.4 Å². The summed E-state index contributed by atoms with van der Waals surface area (Å²) < 4.78 is 32.2. The highest BCUT2D eigenvalue weighted by Gasteiger charge is 2.27. The van der Waals surface area contributed by atoms with Gasteiger partial charge in [0, 0.05) is 24.7 Å². The van der Waals surface area contributed by atoms with Crippen LogP contribution in [0.1, 0.15) is 29.3 Å². The molecule has 0 aliphatic carbocycles. The van der Waals surface area contributed by atoms with Crippen LogP contribution in [0.15, 0.2) is 59.5 Å². The van der Waals surface area contributed by atoms with Crippen molar-refractivity contribution in [1.82, 2.24) is 9.62 Å². The molecular formula is C21H26N2O4S.